The molecule has 0 saturated heterocycles. The van der Waals surface area contributed by atoms with E-state index in [0.717, 1.165) is 16.6 Å². The molecule has 0 fully saturated rings. The minimum absolute atomic E-state index is 0.169. The molecule has 0 radical (unpaired) electrons. The molecule has 0 bridgehead atoms. The van der Waals surface area contributed by atoms with Gasteiger partial charge >= 0.3 is 0 Å². The number of rotatable bonds is 4. The van der Waals surface area contributed by atoms with Gasteiger partial charge in [-0.2, -0.15) is 0 Å². The molecule has 0 aliphatic heterocycles. The number of halogens is 1. The number of hydrogen-bond acceptors (Lipinski definition) is 2. The summed E-state index contributed by atoms with van der Waals surface area (Å²) in [6, 6.07) is 9.27. The van der Waals surface area contributed by atoms with Crippen molar-refractivity contribution >= 4 is 34.5 Å². The lowest BCUT2D eigenvalue weighted by Gasteiger charge is -2.00. The van der Waals surface area contributed by atoms with Crippen molar-refractivity contribution in [3.8, 4) is 0 Å². The number of hydrogen-bond donors (Lipinski definition) is 1. The highest BCUT2D eigenvalue weighted by atomic mass is 35.5. The number of benzene rings is 1. The number of carbonyl (C=O) groups is 1. The van der Waals surface area contributed by atoms with Gasteiger partial charge in [0.25, 0.3) is 0 Å². The first-order valence-corrected chi connectivity index (χ1v) is 6.20. The smallest absolute Gasteiger partial charge is 0.244 e. The maximum atomic E-state index is 11.4. The Morgan fingerprint density at radius 3 is 3.00 bits per heavy atom. The van der Waals surface area contributed by atoms with Gasteiger partial charge < -0.3 is 5.32 Å². The van der Waals surface area contributed by atoms with E-state index in [1.54, 1.807) is 18.2 Å². The van der Waals surface area contributed by atoms with Crippen LogP contribution < -0.4 is 5.32 Å². The highest BCUT2D eigenvalue weighted by molar-refractivity contribution is 6.31. The van der Waals surface area contributed by atoms with Crippen molar-refractivity contribution in [2.75, 3.05) is 6.54 Å². The van der Waals surface area contributed by atoms with Crippen LogP contribution in [0.25, 0.3) is 17.0 Å². The van der Waals surface area contributed by atoms with Crippen LogP contribution in [0.2, 0.25) is 5.02 Å². The Balaban J connectivity index is 2.17. The van der Waals surface area contributed by atoms with Crippen LogP contribution in [-0.4, -0.2) is 17.4 Å². The summed E-state index contributed by atoms with van der Waals surface area (Å²) in [5, 5.41) is 4.31. The number of aromatic nitrogens is 1. The third kappa shape index (κ3) is 3.66. The van der Waals surface area contributed by atoms with E-state index in [1.165, 1.54) is 6.08 Å². The molecule has 0 saturated carbocycles. The standard InChI is InChI=1S/C15H13ClN2O/c1-2-9-17-15(19)8-6-13-5-3-11-10-12(16)4-7-14(11)18-13/h2-8,10H,1,9H2,(H,17,19)/b8-6+. The summed E-state index contributed by atoms with van der Waals surface area (Å²) in [5.74, 6) is -0.169. The lowest BCUT2D eigenvalue weighted by atomic mass is 10.2. The molecule has 2 rings (SSSR count). The van der Waals surface area contributed by atoms with Crippen LogP contribution in [-0.2, 0) is 4.79 Å². The second kappa shape index (κ2) is 6.16. The minimum atomic E-state index is -0.169. The van der Waals surface area contributed by atoms with Crippen molar-refractivity contribution < 1.29 is 4.79 Å². The van der Waals surface area contributed by atoms with Crippen molar-refractivity contribution in [3.05, 3.63) is 59.8 Å². The summed E-state index contributed by atoms with van der Waals surface area (Å²) in [4.78, 5) is 15.8. The van der Waals surface area contributed by atoms with Gasteiger partial charge in [-0.1, -0.05) is 23.7 Å². The number of nitrogens with one attached hydrogen (secondary N) is 1. The molecular weight excluding hydrogens is 260 g/mol. The zero-order valence-electron chi connectivity index (χ0n) is 10.3. The molecule has 0 unspecified atom stereocenters. The van der Waals surface area contributed by atoms with E-state index in [-0.39, 0.29) is 5.91 Å². The first-order chi connectivity index (χ1) is 9.19. The van der Waals surface area contributed by atoms with Crippen molar-refractivity contribution in [2.24, 2.45) is 0 Å². The lowest BCUT2D eigenvalue weighted by molar-refractivity contribution is -0.116. The number of carbonyl (C=O) groups excluding carboxylic acids is 1. The van der Waals surface area contributed by atoms with E-state index in [9.17, 15) is 4.79 Å². The molecule has 4 heteroatoms. The maximum Gasteiger partial charge on any atom is 0.244 e. The fourth-order valence-electron chi connectivity index (χ4n) is 1.60. The number of amides is 1. The fourth-order valence-corrected chi connectivity index (χ4v) is 1.78. The molecule has 1 amide bonds. The van der Waals surface area contributed by atoms with E-state index in [4.69, 9.17) is 11.6 Å². The maximum absolute atomic E-state index is 11.4. The molecule has 0 spiro atoms. The highest BCUT2D eigenvalue weighted by Crippen LogP contribution is 2.18. The Kier molecular flexibility index (Phi) is 4.31. The van der Waals surface area contributed by atoms with Gasteiger partial charge in [0.1, 0.15) is 0 Å². The first kappa shape index (κ1) is 13.3. The quantitative estimate of drug-likeness (QED) is 0.686. The lowest BCUT2D eigenvalue weighted by Crippen LogP contribution is -2.20. The largest absolute Gasteiger partial charge is 0.349 e. The second-order valence-corrected chi connectivity index (χ2v) is 4.38. The van der Waals surface area contributed by atoms with Gasteiger partial charge in [0, 0.05) is 23.0 Å². The second-order valence-electron chi connectivity index (χ2n) is 3.94. The van der Waals surface area contributed by atoms with Crippen molar-refractivity contribution in [2.45, 2.75) is 0 Å². The predicted molar refractivity (Wildman–Crippen MR) is 79.0 cm³/mol. The van der Waals surface area contributed by atoms with Gasteiger partial charge in [0.15, 0.2) is 0 Å². The van der Waals surface area contributed by atoms with E-state index < -0.39 is 0 Å². The summed E-state index contributed by atoms with van der Waals surface area (Å²) in [6.45, 7) is 3.98. The molecule has 2 aromatic rings. The molecule has 1 N–H and O–H groups in total. The third-order valence-electron chi connectivity index (χ3n) is 2.50. The van der Waals surface area contributed by atoms with Gasteiger partial charge in [-0.25, -0.2) is 4.98 Å². The summed E-state index contributed by atoms with van der Waals surface area (Å²) >= 11 is 5.91. The normalized spacial score (nSPS) is 10.8. The molecule has 1 heterocycles. The molecule has 1 aromatic heterocycles. The average Bonchev–Trinajstić information content (AvgIpc) is 2.42. The summed E-state index contributed by atoms with van der Waals surface area (Å²) < 4.78 is 0. The third-order valence-corrected chi connectivity index (χ3v) is 2.73. The average molecular weight is 273 g/mol. The molecule has 96 valence electrons. The van der Waals surface area contributed by atoms with Crippen molar-refractivity contribution in [1.82, 2.24) is 10.3 Å². The molecule has 3 nitrogen and oxygen atoms in total. The van der Waals surface area contributed by atoms with Gasteiger partial charge in [-0.05, 0) is 30.3 Å². The first-order valence-electron chi connectivity index (χ1n) is 5.82. The predicted octanol–water partition coefficient (Wildman–Crippen LogP) is 3.20. The Bertz CT molecular complexity index is 650. The number of nitrogens with zero attached hydrogens (tertiary/aromatic N) is 1. The van der Waals surface area contributed by atoms with Gasteiger partial charge in [0.05, 0.1) is 11.2 Å². The zero-order valence-corrected chi connectivity index (χ0v) is 11.0. The van der Waals surface area contributed by atoms with Crippen molar-refractivity contribution in [1.29, 1.82) is 0 Å². The molecular formula is C15H13ClN2O. The SMILES string of the molecule is C=CCNC(=O)/C=C/c1ccc2cc(Cl)ccc2n1. The Labute approximate surface area is 116 Å². The van der Waals surface area contributed by atoms with Gasteiger partial charge in [-0.15, -0.1) is 6.58 Å². The molecule has 1 aromatic carbocycles. The van der Waals surface area contributed by atoms with Gasteiger partial charge in [0.2, 0.25) is 5.91 Å². The van der Waals surface area contributed by atoms with Crippen LogP contribution in [0.3, 0.4) is 0 Å². The Morgan fingerprint density at radius 1 is 1.37 bits per heavy atom. The highest BCUT2D eigenvalue weighted by Gasteiger charge is 1.98. The van der Waals surface area contributed by atoms with Crippen LogP contribution in [0.15, 0.2) is 49.1 Å². The van der Waals surface area contributed by atoms with Crippen LogP contribution in [0.4, 0.5) is 0 Å². The molecule has 19 heavy (non-hydrogen) atoms. The van der Waals surface area contributed by atoms with E-state index >= 15 is 0 Å². The molecule has 0 aliphatic carbocycles. The molecule has 0 atom stereocenters. The van der Waals surface area contributed by atoms with Crippen LogP contribution in [0.5, 0.6) is 0 Å². The Morgan fingerprint density at radius 2 is 2.21 bits per heavy atom. The van der Waals surface area contributed by atoms with E-state index in [0.29, 0.717) is 11.6 Å². The number of fused-ring (bicyclic) bond motifs is 1. The topological polar surface area (TPSA) is 42.0 Å². The fraction of sp³-hybridized carbons (Fsp3) is 0.0667. The molecule has 0 aliphatic rings. The van der Waals surface area contributed by atoms with Crippen LogP contribution in [0.1, 0.15) is 5.69 Å². The monoisotopic (exact) mass is 272 g/mol. The number of pyridine rings is 1. The van der Waals surface area contributed by atoms with Crippen molar-refractivity contribution in [3.63, 3.8) is 0 Å². The summed E-state index contributed by atoms with van der Waals surface area (Å²) in [7, 11) is 0. The minimum Gasteiger partial charge on any atom is -0.349 e. The van der Waals surface area contributed by atoms with Crippen LogP contribution >= 0.6 is 11.6 Å². The zero-order chi connectivity index (χ0) is 13.7. The Hall–Kier alpha value is -2.13. The summed E-state index contributed by atoms with van der Waals surface area (Å²) in [6.07, 6.45) is 4.75. The summed E-state index contributed by atoms with van der Waals surface area (Å²) in [5.41, 5.74) is 1.57. The van der Waals surface area contributed by atoms with Gasteiger partial charge in [-0.3, -0.25) is 4.79 Å². The van der Waals surface area contributed by atoms with E-state index in [1.807, 2.05) is 24.3 Å². The van der Waals surface area contributed by atoms with E-state index in [2.05, 4.69) is 16.9 Å². The van der Waals surface area contributed by atoms with Crippen LogP contribution in [0, 0.1) is 0 Å².